The van der Waals surface area contributed by atoms with Crippen LogP contribution in [-0.2, 0) is 10.8 Å². The summed E-state index contributed by atoms with van der Waals surface area (Å²) in [4.78, 5) is 0. The Kier molecular flexibility index (Phi) is 5.62. The van der Waals surface area contributed by atoms with Crippen LogP contribution in [0.2, 0.25) is 0 Å². The van der Waals surface area contributed by atoms with E-state index in [-0.39, 0.29) is 23.6 Å². The molecule has 3 unspecified atom stereocenters. The molecule has 0 saturated heterocycles. The standard InChI is InChI=1S/C13H21NO3S/c1-9(4-5-18(3)17)14-10(2)11-6-12(15)8-13(16)7-11/h6-10,14-16H,4-5H2,1-3H3. The van der Waals surface area contributed by atoms with Crippen LogP contribution in [0.4, 0.5) is 0 Å². The van der Waals surface area contributed by atoms with Gasteiger partial charge in [-0.05, 0) is 38.0 Å². The van der Waals surface area contributed by atoms with Crippen molar-refractivity contribution in [2.45, 2.75) is 32.4 Å². The van der Waals surface area contributed by atoms with E-state index >= 15 is 0 Å². The predicted octanol–water partition coefficient (Wildman–Crippen LogP) is 1.91. The first-order chi connectivity index (χ1) is 8.38. The zero-order valence-corrected chi connectivity index (χ0v) is 11.8. The van der Waals surface area contributed by atoms with Gasteiger partial charge in [-0.25, -0.2) is 0 Å². The smallest absolute Gasteiger partial charge is 0.119 e. The first kappa shape index (κ1) is 15.0. The van der Waals surface area contributed by atoms with Gasteiger partial charge in [-0.15, -0.1) is 0 Å². The Hall–Kier alpha value is -1.07. The average molecular weight is 271 g/mol. The summed E-state index contributed by atoms with van der Waals surface area (Å²) < 4.78 is 11.0. The zero-order chi connectivity index (χ0) is 13.7. The molecule has 1 aromatic carbocycles. The zero-order valence-electron chi connectivity index (χ0n) is 11.0. The van der Waals surface area contributed by atoms with Gasteiger partial charge in [0.25, 0.3) is 0 Å². The van der Waals surface area contributed by atoms with Crippen LogP contribution in [0.15, 0.2) is 18.2 Å². The molecule has 3 atom stereocenters. The largest absolute Gasteiger partial charge is 0.508 e. The lowest BCUT2D eigenvalue weighted by Gasteiger charge is -2.20. The highest BCUT2D eigenvalue weighted by atomic mass is 32.2. The summed E-state index contributed by atoms with van der Waals surface area (Å²) in [5.74, 6) is 0.786. The van der Waals surface area contributed by atoms with Crippen LogP contribution in [0.1, 0.15) is 31.9 Å². The lowest BCUT2D eigenvalue weighted by molar-refractivity contribution is 0.438. The van der Waals surface area contributed by atoms with Crippen molar-refractivity contribution in [1.29, 1.82) is 0 Å². The number of hydrogen-bond donors (Lipinski definition) is 3. The highest BCUT2D eigenvalue weighted by Gasteiger charge is 2.11. The molecule has 0 aromatic heterocycles. The Morgan fingerprint density at radius 1 is 1.22 bits per heavy atom. The molecule has 3 N–H and O–H groups in total. The van der Waals surface area contributed by atoms with Crippen LogP contribution >= 0.6 is 0 Å². The first-order valence-electron chi connectivity index (χ1n) is 5.97. The summed E-state index contributed by atoms with van der Waals surface area (Å²) in [5, 5.41) is 22.2. The second kappa shape index (κ2) is 6.75. The van der Waals surface area contributed by atoms with Crippen molar-refractivity contribution in [3.05, 3.63) is 23.8 Å². The van der Waals surface area contributed by atoms with Gasteiger partial charge >= 0.3 is 0 Å². The molecule has 5 heteroatoms. The monoisotopic (exact) mass is 271 g/mol. The quantitative estimate of drug-likeness (QED) is 0.739. The SMILES string of the molecule is CC(CCS(C)=O)NC(C)c1cc(O)cc(O)c1. The van der Waals surface area contributed by atoms with Crippen LogP contribution in [0.5, 0.6) is 11.5 Å². The van der Waals surface area contributed by atoms with Crippen molar-refractivity contribution in [3.63, 3.8) is 0 Å². The summed E-state index contributed by atoms with van der Waals surface area (Å²) in [6.45, 7) is 4.00. The van der Waals surface area contributed by atoms with Crippen molar-refractivity contribution in [2.75, 3.05) is 12.0 Å². The summed E-state index contributed by atoms with van der Waals surface area (Å²) >= 11 is 0. The third kappa shape index (κ3) is 5.06. The maximum atomic E-state index is 11.0. The predicted molar refractivity (Wildman–Crippen MR) is 74.3 cm³/mol. The van der Waals surface area contributed by atoms with E-state index < -0.39 is 10.8 Å². The van der Waals surface area contributed by atoms with Gasteiger partial charge in [-0.2, -0.15) is 0 Å². The van der Waals surface area contributed by atoms with Gasteiger partial charge in [0.05, 0.1) is 0 Å². The van der Waals surface area contributed by atoms with Gasteiger partial charge in [-0.1, -0.05) is 0 Å². The third-order valence-electron chi connectivity index (χ3n) is 2.80. The normalized spacial score (nSPS) is 16.2. The molecule has 0 heterocycles. The highest BCUT2D eigenvalue weighted by molar-refractivity contribution is 7.84. The van der Waals surface area contributed by atoms with Gasteiger partial charge in [0.15, 0.2) is 0 Å². The van der Waals surface area contributed by atoms with Gasteiger partial charge < -0.3 is 15.5 Å². The number of phenolic OH excluding ortho intramolecular Hbond substituents is 2. The van der Waals surface area contributed by atoms with E-state index in [2.05, 4.69) is 5.32 Å². The maximum Gasteiger partial charge on any atom is 0.119 e. The molecule has 0 fully saturated rings. The van der Waals surface area contributed by atoms with E-state index in [1.165, 1.54) is 6.07 Å². The van der Waals surface area contributed by atoms with Crippen molar-refractivity contribution in [3.8, 4) is 11.5 Å². The molecule has 4 nitrogen and oxygen atoms in total. The minimum atomic E-state index is -0.773. The summed E-state index contributed by atoms with van der Waals surface area (Å²) in [6, 6.07) is 4.81. The number of rotatable bonds is 6. The molecule has 0 spiro atoms. The Morgan fingerprint density at radius 3 is 2.28 bits per heavy atom. The van der Waals surface area contributed by atoms with Gasteiger partial charge in [0, 0.05) is 41.0 Å². The molecule has 102 valence electrons. The molecular formula is C13H21NO3S. The van der Waals surface area contributed by atoms with E-state index in [1.807, 2.05) is 13.8 Å². The van der Waals surface area contributed by atoms with E-state index in [9.17, 15) is 14.4 Å². The molecule has 0 bridgehead atoms. The van der Waals surface area contributed by atoms with Gasteiger partial charge in [0.1, 0.15) is 11.5 Å². The van der Waals surface area contributed by atoms with E-state index in [0.29, 0.717) is 5.75 Å². The molecule has 18 heavy (non-hydrogen) atoms. The van der Waals surface area contributed by atoms with E-state index in [0.717, 1.165) is 12.0 Å². The molecule has 0 aliphatic rings. The van der Waals surface area contributed by atoms with Crippen molar-refractivity contribution < 1.29 is 14.4 Å². The van der Waals surface area contributed by atoms with Gasteiger partial charge in [0.2, 0.25) is 0 Å². The van der Waals surface area contributed by atoms with Crippen LogP contribution in [0.3, 0.4) is 0 Å². The summed E-state index contributed by atoms with van der Waals surface area (Å²) in [5.41, 5.74) is 0.831. The molecule has 0 aliphatic heterocycles. The molecule has 1 rings (SSSR count). The number of phenols is 2. The second-order valence-corrected chi connectivity index (χ2v) is 6.19. The first-order valence-corrected chi connectivity index (χ1v) is 7.70. The highest BCUT2D eigenvalue weighted by Crippen LogP contribution is 2.25. The minimum Gasteiger partial charge on any atom is -0.508 e. The van der Waals surface area contributed by atoms with Crippen molar-refractivity contribution in [1.82, 2.24) is 5.32 Å². The Labute approximate surface area is 110 Å². The lowest BCUT2D eigenvalue weighted by atomic mass is 10.1. The Morgan fingerprint density at radius 2 is 1.78 bits per heavy atom. The molecule has 1 aromatic rings. The average Bonchev–Trinajstić information content (AvgIpc) is 2.25. The fourth-order valence-electron chi connectivity index (χ4n) is 1.82. The number of aromatic hydroxyl groups is 2. The summed E-state index contributed by atoms with van der Waals surface area (Å²) in [7, 11) is -0.773. The molecular weight excluding hydrogens is 250 g/mol. The maximum absolute atomic E-state index is 11.0. The van der Waals surface area contributed by atoms with Crippen LogP contribution in [0, 0.1) is 0 Å². The molecule has 0 aliphatic carbocycles. The van der Waals surface area contributed by atoms with Crippen LogP contribution in [0.25, 0.3) is 0 Å². The molecule has 0 saturated carbocycles. The van der Waals surface area contributed by atoms with E-state index in [1.54, 1.807) is 18.4 Å². The molecule has 0 amide bonds. The van der Waals surface area contributed by atoms with Crippen LogP contribution in [-0.4, -0.2) is 32.5 Å². The number of hydrogen-bond acceptors (Lipinski definition) is 4. The van der Waals surface area contributed by atoms with Crippen molar-refractivity contribution >= 4 is 10.8 Å². The second-order valence-electron chi connectivity index (χ2n) is 4.64. The van der Waals surface area contributed by atoms with Crippen molar-refractivity contribution in [2.24, 2.45) is 0 Å². The lowest BCUT2D eigenvalue weighted by Crippen LogP contribution is -2.30. The minimum absolute atomic E-state index is 0.0169. The number of nitrogens with one attached hydrogen (secondary N) is 1. The Bertz CT molecular complexity index is 402. The fraction of sp³-hybridized carbons (Fsp3) is 0.538. The fourth-order valence-corrected chi connectivity index (χ4v) is 2.50. The topological polar surface area (TPSA) is 69.6 Å². The Balaban J connectivity index is 2.58. The molecule has 0 radical (unpaired) electrons. The summed E-state index contributed by atoms with van der Waals surface area (Å²) in [6.07, 6.45) is 2.53. The number of benzene rings is 1. The van der Waals surface area contributed by atoms with E-state index in [4.69, 9.17) is 0 Å². The third-order valence-corrected chi connectivity index (χ3v) is 3.61. The van der Waals surface area contributed by atoms with Gasteiger partial charge in [-0.3, -0.25) is 4.21 Å². The van der Waals surface area contributed by atoms with Crippen LogP contribution < -0.4 is 5.32 Å².